The molecule has 0 atom stereocenters. The quantitative estimate of drug-likeness (QED) is 0.497. The maximum absolute atomic E-state index is 12.2. The first-order valence-corrected chi connectivity index (χ1v) is 9.53. The van der Waals surface area contributed by atoms with E-state index in [0.717, 1.165) is 22.1 Å². The highest BCUT2D eigenvalue weighted by Gasteiger charge is 2.14. The predicted octanol–water partition coefficient (Wildman–Crippen LogP) is 3.86. The Morgan fingerprint density at radius 1 is 1.10 bits per heavy atom. The van der Waals surface area contributed by atoms with Gasteiger partial charge in [-0.2, -0.15) is 0 Å². The van der Waals surface area contributed by atoms with Crippen molar-refractivity contribution in [2.75, 3.05) is 6.61 Å². The number of amides is 1. The van der Waals surface area contributed by atoms with Gasteiger partial charge in [0.15, 0.2) is 6.61 Å². The van der Waals surface area contributed by atoms with E-state index >= 15 is 0 Å². The summed E-state index contributed by atoms with van der Waals surface area (Å²) >= 11 is 0. The van der Waals surface area contributed by atoms with Gasteiger partial charge in [0.25, 0.3) is 5.91 Å². The van der Waals surface area contributed by atoms with Gasteiger partial charge in [-0.15, -0.1) is 0 Å². The number of carbonyl (C=O) groups is 1. The molecule has 0 aliphatic rings. The fourth-order valence-corrected chi connectivity index (χ4v) is 3.25. The van der Waals surface area contributed by atoms with Crippen LogP contribution >= 0.6 is 0 Å². The van der Waals surface area contributed by atoms with Crippen molar-refractivity contribution < 1.29 is 13.9 Å². The molecule has 2 aromatic heterocycles. The van der Waals surface area contributed by atoms with Crippen molar-refractivity contribution in [3.63, 3.8) is 0 Å². The zero-order valence-electron chi connectivity index (χ0n) is 16.4. The van der Waals surface area contributed by atoms with Crippen molar-refractivity contribution in [2.24, 2.45) is 0 Å². The fraction of sp³-hybridized carbons (Fsp3) is 0.125. The number of pyridine rings is 1. The zero-order chi connectivity index (χ0) is 20.9. The number of rotatable bonds is 6. The molecule has 2 heterocycles. The number of fused-ring (bicyclic) bond motifs is 1. The number of hydrogen-bond acceptors (Lipinski definition) is 5. The van der Waals surface area contributed by atoms with Crippen LogP contribution in [0, 0.1) is 6.92 Å². The summed E-state index contributed by atoms with van der Waals surface area (Å²) in [5, 5.41) is 3.60. The Hall–Kier alpha value is -3.93. The lowest BCUT2D eigenvalue weighted by Crippen LogP contribution is -2.28. The lowest BCUT2D eigenvalue weighted by Gasteiger charge is -2.12. The van der Waals surface area contributed by atoms with Crippen molar-refractivity contribution in [3.05, 3.63) is 94.6 Å². The third kappa shape index (κ3) is 4.22. The molecular formula is C24H20N2O4. The van der Waals surface area contributed by atoms with Crippen LogP contribution < -0.4 is 15.7 Å². The average molecular weight is 400 g/mol. The Labute approximate surface area is 173 Å². The molecule has 0 fully saturated rings. The molecule has 0 saturated heterocycles. The molecule has 0 bridgehead atoms. The molecule has 0 saturated carbocycles. The highest BCUT2D eigenvalue weighted by Crippen LogP contribution is 2.32. The molecule has 4 aromatic rings. The van der Waals surface area contributed by atoms with Crippen LogP contribution in [0.2, 0.25) is 0 Å². The molecule has 6 heteroatoms. The van der Waals surface area contributed by atoms with Gasteiger partial charge in [-0.05, 0) is 41.8 Å². The first-order valence-electron chi connectivity index (χ1n) is 9.53. The van der Waals surface area contributed by atoms with Crippen LogP contribution in [-0.4, -0.2) is 17.5 Å². The van der Waals surface area contributed by atoms with Gasteiger partial charge in [0, 0.05) is 36.0 Å². The van der Waals surface area contributed by atoms with Crippen LogP contribution in [0.5, 0.6) is 5.75 Å². The number of ether oxygens (including phenoxy) is 1. The first-order chi connectivity index (χ1) is 14.6. The first kappa shape index (κ1) is 19.4. The average Bonchev–Trinajstić information content (AvgIpc) is 2.78. The van der Waals surface area contributed by atoms with Crippen LogP contribution in [-0.2, 0) is 11.3 Å². The molecule has 0 radical (unpaired) electrons. The van der Waals surface area contributed by atoms with Crippen molar-refractivity contribution in [3.8, 4) is 16.9 Å². The molecule has 4 rings (SSSR count). The lowest BCUT2D eigenvalue weighted by atomic mass is 10.0. The molecule has 0 unspecified atom stereocenters. The summed E-state index contributed by atoms with van der Waals surface area (Å²) < 4.78 is 11.2. The minimum absolute atomic E-state index is 0.144. The SMILES string of the molecule is Cc1c(OCC(=O)NCc2cccnc2)ccc2c(-c3ccccc3)cc(=O)oc12. The molecule has 150 valence electrons. The highest BCUT2D eigenvalue weighted by atomic mass is 16.5. The monoisotopic (exact) mass is 400 g/mol. The number of aromatic nitrogens is 1. The van der Waals surface area contributed by atoms with Gasteiger partial charge >= 0.3 is 5.63 Å². The van der Waals surface area contributed by atoms with Gasteiger partial charge in [-0.3, -0.25) is 9.78 Å². The second-order valence-corrected chi connectivity index (χ2v) is 6.84. The molecule has 0 aliphatic carbocycles. The normalized spacial score (nSPS) is 10.7. The molecule has 1 N–H and O–H groups in total. The number of carbonyl (C=O) groups excluding carboxylic acids is 1. The largest absolute Gasteiger partial charge is 0.483 e. The molecule has 0 spiro atoms. The highest BCUT2D eigenvalue weighted by molar-refractivity contribution is 5.95. The Balaban J connectivity index is 1.54. The molecule has 1 amide bonds. The fourth-order valence-electron chi connectivity index (χ4n) is 3.25. The standard InChI is InChI=1S/C24H20N2O4/c1-16-21(29-15-22(27)26-14-17-6-5-11-25-13-17)10-9-19-20(12-23(28)30-24(16)19)18-7-3-2-4-8-18/h2-13H,14-15H2,1H3,(H,26,27). The van der Waals surface area contributed by atoms with Gasteiger partial charge in [0.1, 0.15) is 11.3 Å². The van der Waals surface area contributed by atoms with Crippen LogP contribution in [0.1, 0.15) is 11.1 Å². The summed E-state index contributed by atoms with van der Waals surface area (Å²) in [5.74, 6) is 0.241. The van der Waals surface area contributed by atoms with E-state index < -0.39 is 5.63 Å². The third-order valence-corrected chi connectivity index (χ3v) is 4.77. The predicted molar refractivity (Wildman–Crippen MR) is 114 cm³/mol. The summed E-state index contributed by atoms with van der Waals surface area (Å²) in [6.45, 7) is 2.04. The Morgan fingerprint density at radius 3 is 2.70 bits per heavy atom. The van der Waals surface area contributed by atoms with E-state index in [-0.39, 0.29) is 12.5 Å². The topological polar surface area (TPSA) is 81.4 Å². The second kappa shape index (κ2) is 8.61. The van der Waals surface area contributed by atoms with Crippen LogP contribution in [0.15, 0.2) is 82.3 Å². The minimum atomic E-state index is -0.434. The molecule has 30 heavy (non-hydrogen) atoms. The molecule has 6 nitrogen and oxygen atoms in total. The smallest absolute Gasteiger partial charge is 0.336 e. The van der Waals surface area contributed by atoms with Crippen molar-refractivity contribution in [2.45, 2.75) is 13.5 Å². The van der Waals surface area contributed by atoms with E-state index in [1.807, 2.05) is 55.5 Å². The summed E-state index contributed by atoms with van der Waals surface area (Å²) in [4.78, 5) is 28.3. The second-order valence-electron chi connectivity index (χ2n) is 6.84. The van der Waals surface area contributed by atoms with Gasteiger partial charge in [0.2, 0.25) is 0 Å². The number of nitrogens with one attached hydrogen (secondary N) is 1. The number of nitrogens with zero attached hydrogens (tertiary/aromatic N) is 1. The number of aryl methyl sites for hydroxylation is 1. The maximum Gasteiger partial charge on any atom is 0.336 e. The van der Waals surface area contributed by atoms with E-state index in [4.69, 9.17) is 9.15 Å². The van der Waals surface area contributed by atoms with E-state index in [0.29, 0.717) is 23.4 Å². The minimum Gasteiger partial charge on any atom is -0.483 e. The Kier molecular flexibility index (Phi) is 5.57. The number of benzene rings is 2. The Bertz CT molecular complexity index is 1230. The molecule has 2 aromatic carbocycles. The van der Waals surface area contributed by atoms with Crippen molar-refractivity contribution >= 4 is 16.9 Å². The maximum atomic E-state index is 12.2. The van der Waals surface area contributed by atoms with Gasteiger partial charge in [-0.25, -0.2) is 4.79 Å². The van der Waals surface area contributed by atoms with E-state index in [1.54, 1.807) is 18.5 Å². The van der Waals surface area contributed by atoms with E-state index in [2.05, 4.69) is 10.3 Å². The van der Waals surface area contributed by atoms with E-state index in [1.165, 1.54) is 6.07 Å². The number of hydrogen-bond donors (Lipinski definition) is 1. The Morgan fingerprint density at radius 2 is 1.93 bits per heavy atom. The van der Waals surface area contributed by atoms with Gasteiger partial charge in [0.05, 0.1) is 0 Å². The van der Waals surface area contributed by atoms with Crippen molar-refractivity contribution in [1.29, 1.82) is 0 Å². The van der Waals surface area contributed by atoms with Crippen LogP contribution in [0.25, 0.3) is 22.1 Å². The zero-order valence-corrected chi connectivity index (χ0v) is 16.4. The third-order valence-electron chi connectivity index (χ3n) is 4.77. The van der Waals surface area contributed by atoms with E-state index in [9.17, 15) is 9.59 Å². The van der Waals surface area contributed by atoms with Crippen LogP contribution in [0.4, 0.5) is 0 Å². The van der Waals surface area contributed by atoms with Crippen LogP contribution in [0.3, 0.4) is 0 Å². The molecular weight excluding hydrogens is 380 g/mol. The summed E-state index contributed by atoms with van der Waals surface area (Å²) in [6.07, 6.45) is 3.37. The summed E-state index contributed by atoms with van der Waals surface area (Å²) in [7, 11) is 0. The summed E-state index contributed by atoms with van der Waals surface area (Å²) in [5.41, 5.74) is 3.32. The lowest BCUT2D eigenvalue weighted by molar-refractivity contribution is -0.123. The van der Waals surface area contributed by atoms with Gasteiger partial charge < -0.3 is 14.5 Å². The molecule has 0 aliphatic heterocycles. The van der Waals surface area contributed by atoms with Crippen molar-refractivity contribution in [1.82, 2.24) is 10.3 Å². The van der Waals surface area contributed by atoms with Gasteiger partial charge in [-0.1, -0.05) is 36.4 Å². The summed E-state index contributed by atoms with van der Waals surface area (Å²) in [6, 6.07) is 18.5.